The lowest BCUT2D eigenvalue weighted by molar-refractivity contribution is 0.101. The number of benzene rings is 1. The van der Waals surface area contributed by atoms with E-state index in [9.17, 15) is 4.79 Å². The highest BCUT2D eigenvalue weighted by Crippen LogP contribution is 2.28. The summed E-state index contributed by atoms with van der Waals surface area (Å²) in [6.45, 7) is 6.22. The minimum atomic E-state index is 0.104. The van der Waals surface area contributed by atoms with E-state index in [4.69, 9.17) is 4.98 Å². The molecule has 7 nitrogen and oxygen atoms in total. The molecule has 3 aromatic rings. The average molecular weight is 390 g/mol. The van der Waals surface area contributed by atoms with Crippen LogP contribution < -0.4 is 9.80 Å². The van der Waals surface area contributed by atoms with Gasteiger partial charge in [0.15, 0.2) is 22.8 Å². The van der Waals surface area contributed by atoms with Crippen LogP contribution in [0.3, 0.4) is 0 Å². The lowest BCUT2D eigenvalue weighted by atomic mass is 10.1. The topological polar surface area (TPSA) is 67.2 Å². The Balaban J connectivity index is 1.35. The van der Waals surface area contributed by atoms with Crippen LogP contribution in [0.2, 0.25) is 0 Å². The van der Waals surface area contributed by atoms with Crippen LogP contribution in [0.5, 0.6) is 0 Å². The third kappa shape index (κ3) is 3.34. The molecule has 1 fully saturated rings. The predicted molar refractivity (Wildman–Crippen MR) is 114 cm³/mol. The molecule has 7 heteroatoms. The molecule has 0 radical (unpaired) electrons. The summed E-state index contributed by atoms with van der Waals surface area (Å²) in [7, 11) is 0. The van der Waals surface area contributed by atoms with Gasteiger partial charge in [-0.15, -0.1) is 0 Å². The highest BCUT2D eigenvalue weighted by molar-refractivity contribution is 5.94. The van der Waals surface area contributed by atoms with Crippen LogP contribution in [-0.4, -0.2) is 51.5 Å². The molecule has 4 heterocycles. The number of piperazine rings is 1. The summed E-state index contributed by atoms with van der Waals surface area (Å²) in [5.74, 6) is 2.22. The third-order valence-electron chi connectivity index (χ3n) is 6.09. The standard InChI is InChI=1S/C22H26N6O/c1-16(29)17-6-8-18(9-7-17)26-11-13-27(14-12-26)21-20-22(24-15-23-21)28-10-4-2-3-5-19(28)25-20/h6-9,15H,2-5,10-14H2,1H3. The van der Waals surface area contributed by atoms with E-state index >= 15 is 0 Å². The second kappa shape index (κ2) is 7.46. The molecule has 2 aliphatic heterocycles. The summed E-state index contributed by atoms with van der Waals surface area (Å²) < 4.78 is 2.29. The zero-order valence-corrected chi connectivity index (χ0v) is 16.8. The number of hydrogen-bond acceptors (Lipinski definition) is 6. The average Bonchev–Trinajstić information content (AvgIpc) is 2.95. The molecular weight excluding hydrogens is 364 g/mol. The van der Waals surface area contributed by atoms with E-state index in [1.807, 2.05) is 24.3 Å². The summed E-state index contributed by atoms with van der Waals surface area (Å²) >= 11 is 0. The van der Waals surface area contributed by atoms with Crippen LogP contribution in [0, 0.1) is 0 Å². The number of aryl methyl sites for hydroxylation is 2. The fourth-order valence-corrected chi connectivity index (χ4v) is 4.44. The number of fused-ring (bicyclic) bond motifs is 3. The first kappa shape index (κ1) is 18.1. The van der Waals surface area contributed by atoms with Crippen LogP contribution in [0.1, 0.15) is 42.4 Å². The van der Waals surface area contributed by atoms with Gasteiger partial charge in [0.25, 0.3) is 0 Å². The largest absolute Gasteiger partial charge is 0.368 e. The fourth-order valence-electron chi connectivity index (χ4n) is 4.44. The van der Waals surface area contributed by atoms with Crippen molar-refractivity contribution in [1.29, 1.82) is 0 Å². The van der Waals surface area contributed by atoms with Gasteiger partial charge in [0.05, 0.1) is 0 Å². The van der Waals surface area contributed by atoms with Crippen molar-refractivity contribution in [3.63, 3.8) is 0 Å². The smallest absolute Gasteiger partial charge is 0.165 e. The van der Waals surface area contributed by atoms with Crippen molar-refractivity contribution >= 4 is 28.5 Å². The number of carbonyl (C=O) groups is 1. The van der Waals surface area contributed by atoms with Crippen LogP contribution >= 0.6 is 0 Å². The summed E-state index contributed by atoms with van der Waals surface area (Å²) in [6.07, 6.45) is 6.37. The molecule has 2 aliphatic rings. The quantitative estimate of drug-likeness (QED) is 0.640. The first-order valence-corrected chi connectivity index (χ1v) is 10.5. The maximum atomic E-state index is 11.5. The van der Waals surface area contributed by atoms with E-state index < -0.39 is 0 Å². The monoisotopic (exact) mass is 390 g/mol. The van der Waals surface area contributed by atoms with E-state index in [2.05, 4.69) is 24.3 Å². The van der Waals surface area contributed by atoms with Crippen LogP contribution in [0.25, 0.3) is 11.2 Å². The van der Waals surface area contributed by atoms with E-state index in [0.29, 0.717) is 0 Å². The molecule has 5 rings (SSSR count). The van der Waals surface area contributed by atoms with Crippen molar-refractivity contribution < 1.29 is 4.79 Å². The number of anilines is 2. The zero-order chi connectivity index (χ0) is 19.8. The summed E-state index contributed by atoms with van der Waals surface area (Å²) in [5.41, 5.74) is 3.85. The minimum Gasteiger partial charge on any atom is -0.368 e. The number of hydrogen-bond donors (Lipinski definition) is 0. The van der Waals surface area contributed by atoms with E-state index in [0.717, 1.165) is 73.2 Å². The van der Waals surface area contributed by atoms with Crippen LogP contribution in [0.15, 0.2) is 30.6 Å². The lowest BCUT2D eigenvalue weighted by Crippen LogP contribution is -2.47. The second-order valence-corrected chi connectivity index (χ2v) is 7.94. The van der Waals surface area contributed by atoms with Gasteiger partial charge in [0.1, 0.15) is 12.2 Å². The van der Waals surface area contributed by atoms with Gasteiger partial charge in [-0.3, -0.25) is 4.79 Å². The maximum absolute atomic E-state index is 11.5. The first-order chi connectivity index (χ1) is 14.2. The highest BCUT2D eigenvalue weighted by atomic mass is 16.1. The van der Waals surface area contributed by atoms with Gasteiger partial charge in [-0.1, -0.05) is 6.42 Å². The van der Waals surface area contributed by atoms with E-state index in [-0.39, 0.29) is 5.78 Å². The SMILES string of the molecule is CC(=O)c1ccc(N2CCN(c3ncnc4c3nc3n4CCCCC3)CC2)cc1. The van der Waals surface area contributed by atoms with Crippen molar-refractivity contribution in [2.24, 2.45) is 0 Å². The number of rotatable bonds is 3. The van der Waals surface area contributed by atoms with Gasteiger partial charge >= 0.3 is 0 Å². The Hall–Kier alpha value is -2.96. The molecule has 0 amide bonds. The first-order valence-electron chi connectivity index (χ1n) is 10.5. The van der Waals surface area contributed by atoms with Gasteiger partial charge in [-0.25, -0.2) is 15.0 Å². The molecule has 0 saturated carbocycles. The number of imidazole rings is 1. The molecule has 29 heavy (non-hydrogen) atoms. The molecule has 2 aromatic heterocycles. The van der Waals surface area contributed by atoms with Gasteiger partial charge in [-0.05, 0) is 44.0 Å². The van der Waals surface area contributed by atoms with Gasteiger partial charge in [0.2, 0.25) is 0 Å². The fraction of sp³-hybridized carbons (Fsp3) is 0.455. The van der Waals surface area contributed by atoms with E-state index in [1.165, 1.54) is 19.3 Å². The number of ketones is 1. The molecule has 0 unspecified atom stereocenters. The van der Waals surface area contributed by atoms with Gasteiger partial charge in [-0.2, -0.15) is 0 Å². The van der Waals surface area contributed by atoms with Crippen LogP contribution in [0.4, 0.5) is 11.5 Å². The number of Topliss-reactive ketones (excluding diaryl/α,β-unsaturated/α-hetero) is 1. The maximum Gasteiger partial charge on any atom is 0.165 e. The van der Waals surface area contributed by atoms with Crippen molar-refractivity contribution in [2.75, 3.05) is 36.0 Å². The number of aromatic nitrogens is 4. The molecular formula is C22H26N6O. The molecule has 0 bridgehead atoms. The Morgan fingerprint density at radius 1 is 0.897 bits per heavy atom. The predicted octanol–water partition coefficient (Wildman–Crippen LogP) is 3.08. The van der Waals surface area contributed by atoms with Crippen molar-refractivity contribution in [1.82, 2.24) is 19.5 Å². The molecule has 0 N–H and O–H groups in total. The van der Waals surface area contributed by atoms with Gasteiger partial charge < -0.3 is 14.4 Å². The van der Waals surface area contributed by atoms with Gasteiger partial charge in [0, 0.05) is 50.4 Å². The zero-order valence-electron chi connectivity index (χ0n) is 16.8. The Labute approximate surface area is 170 Å². The number of nitrogens with zero attached hydrogens (tertiary/aromatic N) is 6. The Morgan fingerprint density at radius 2 is 1.66 bits per heavy atom. The van der Waals surface area contributed by atoms with Crippen LogP contribution in [-0.2, 0) is 13.0 Å². The number of carbonyl (C=O) groups excluding carboxylic acids is 1. The van der Waals surface area contributed by atoms with Crippen molar-refractivity contribution in [3.8, 4) is 0 Å². The lowest BCUT2D eigenvalue weighted by Gasteiger charge is -2.36. The molecule has 150 valence electrons. The van der Waals surface area contributed by atoms with E-state index in [1.54, 1.807) is 13.3 Å². The molecule has 1 aromatic carbocycles. The second-order valence-electron chi connectivity index (χ2n) is 7.94. The van der Waals surface area contributed by atoms with Crippen molar-refractivity contribution in [3.05, 3.63) is 42.0 Å². The highest BCUT2D eigenvalue weighted by Gasteiger charge is 2.24. The normalized spacial score (nSPS) is 17.3. The molecule has 0 aliphatic carbocycles. The molecule has 0 atom stereocenters. The Bertz CT molecular complexity index is 1030. The summed E-state index contributed by atoms with van der Waals surface area (Å²) in [6, 6.07) is 7.91. The van der Waals surface area contributed by atoms with Crippen molar-refractivity contribution in [2.45, 2.75) is 39.2 Å². The molecule has 0 spiro atoms. The Morgan fingerprint density at radius 3 is 2.41 bits per heavy atom. The molecule has 1 saturated heterocycles. The summed E-state index contributed by atoms with van der Waals surface area (Å²) in [5, 5.41) is 0. The third-order valence-corrected chi connectivity index (χ3v) is 6.09. The minimum absolute atomic E-state index is 0.104. The summed E-state index contributed by atoms with van der Waals surface area (Å²) in [4.78, 5) is 30.3. The Kier molecular flexibility index (Phi) is 4.66.